The van der Waals surface area contributed by atoms with E-state index >= 15 is 0 Å². The Morgan fingerprint density at radius 1 is 1.33 bits per heavy atom. The van der Waals surface area contributed by atoms with Gasteiger partial charge in [0.25, 0.3) is 0 Å². The minimum Gasteiger partial charge on any atom is -0.256 e. The van der Waals surface area contributed by atoms with Gasteiger partial charge in [-0.25, -0.2) is 0 Å². The van der Waals surface area contributed by atoms with Crippen LogP contribution in [0.25, 0.3) is 0 Å². The van der Waals surface area contributed by atoms with Crippen molar-refractivity contribution >= 4 is 5.71 Å². The molecule has 0 radical (unpaired) electrons. The smallest absolute Gasteiger partial charge is 0.0696 e. The highest BCUT2D eigenvalue weighted by atomic mass is 14.7. The van der Waals surface area contributed by atoms with E-state index in [1.165, 1.54) is 5.57 Å². The summed E-state index contributed by atoms with van der Waals surface area (Å²) in [7, 11) is 0. The lowest BCUT2D eigenvalue weighted by molar-refractivity contribution is 1.36. The number of aliphatic imine (C=N–C) groups is 1. The number of nitrogens with zero attached hydrogens (tertiary/aromatic N) is 1. The van der Waals surface area contributed by atoms with Crippen LogP contribution >= 0.6 is 0 Å². The predicted octanol–water partition coefficient (Wildman–Crippen LogP) is 1.84. The van der Waals surface area contributed by atoms with Crippen LogP contribution in [0, 0.1) is 0 Å². The van der Waals surface area contributed by atoms with Crippen molar-refractivity contribution in [3.05, 3.63) is 36.1 Å². The number of fused-ring (bicyclic) bond motifs is 1. The first-order chi connectivity index (χ1) is 4.47. The quantitative estimate of drug-likeness (QED) is 0.459. The third-order valence-corrected chi connectivity index (χ3v) is 1.51. The fourth-order valence-electron chi connectivity index (χ4n) is 1.04. The van der Waals surface area contributed by atoms with E-state index in [-0.39, 0.29) is 0 Å². The van der Waals surface area contributed by atoms with Gasteiger partial charge in [0.1, 0.15) is 0 Å². The summed E-state index contributed by atoms with van der Waals surface area (Å²) in [6, 6.07) is 0. The molecular weight excluding hydrogens is 110 g/mol. The van der Waals surface area contributed by atoms with Crippen molar-refractivity contribution in [1.29, 1.82) is 0 Å². The zero-order valence-corrected chi connectivity index (χ0v) is 5.04. The molecule has 0 spiro atoms. The van der Waals surface area contributed by atoms with Gasteiger partial charge in [0.15, 0.2) is 0 Å². The molecule has 0 aromatic rings. The number of hydrogen-bond acceptors (Lipinski definition) is 1. The third kappa shape index (κ3) is 0.653. The molecule has 1 heteroatoms. The molecule has 0 fully saturated rings. The van der Waals surface area contributed by atoms with Crippen molar-refractivity contribution in [2.24, 2.45) is 4.99 Å². The Hall–Kier alpha value is -1.11. The number of allylic oxidation sites excluding steroid dienone is 5. The van der Waals surface area contributed by atoms with Gasteiger partial charge in [0.2, 0.25) is 0 Å². The van der Waals surface area contributed by atoms with Crippen molar-refractivity contribution < 1.29 is 0 Å². The molecule has 0 saturated carbocycles. The molecule has 1 aliphatic heterocycles. The van der Waals surface area contributed by atoms with Crippen molar-refractivity contribution in [3.63, 3.8) is 0 Å². The van der Waals surface area contributed by atoms with E-state index in [4.69, 9.17) is 0 Å². The fraction of sp³-hybridized carbons (Fsp3) is 0.125. The summed E-state index contributed by atoms with van der Waals surface area (Å²) in [6.07, 6.45) is 11.3. The molecule has 44 valence electrons. The van der Waals surface area contributed by atoms with Gasteiger partial charge in [-0.05, 0) is 24.1 Å². The van der Waals surface area contributed by atoms with Gasteiger partial charge < -0.3 is 0 Å². The van der Waals surface area contributed by atoms with E-state index in [1.807, 2.05) is 12.3 Å². The van der Waals surface area contributed by atoms with E-state index < -0.39 is 0 Å². The molecule has 2 rings (SSSR count). The maximum atomic E-state index is 4.14. The normalized spacial score (nSPS) is 21.3. The summed E-state index contributed by atoms with van der Waals surface area (Å²) in [5, 5.41) is 0. The second-order valence-electron chi connectivity index (χ2n) is 2.13. The first-order valence-corrected chi connectivity index (χ1v) is 3.08. The van der Waals surface area contributed by atoms with Gasteiger partial charge in [-0.3, -0.25) is 4.99 Å². The number of hydrogen-bond donors (Lipinski definition) is 0. The van der Waals surface area contributed by atoms with Gasteiger partial charge in [0, 0.05) is 6.20 Å². The van der Waals surface area contributed by atoms with Crippen LogP contribution in [0.1, 0.15) is 6.42 Å². The van der Waals surface area contributed by atoms with Crippen LogP contribution in [-0.4, -0.2) is 5.71 Å². The summed E-state index contributed by atoms with van der Waals surface area (Å²) in [5.74, 6) is 0. The number of rotatable bonds is 0. The van der Waals surface area contributed by atoms with Crippen LogP contribution in [0.3, 0.4) is 0 Å². The highest BCUT2D eigenvalue weighted by Crippen LogP contribution is 2.14. The van der Waals surface area contributed by atoms with Gasteiger partial charge >= 0.3 is 0 Å². The molecular formula is C8H7N. The van der Waals surface area contributed by atoms with Crippen molar-refractivity contribution in [2.75, 3.05) is 0 Å². The van der Waals surface area contributed by atoms with Gasteiger partial charge in [-0.1, -0.05) is 12.2 Å². The Morgan fingerprint density at radius 3 is 3.22 bits per heavy atom. The molecule has 1 aliphatic carbocycles. The van der Waals surface area contributed by atoms with Gasteiger partial charge in [-0.2, -0.15) is 0 Å². The predicted molar refractivity (Wildman–Crippen MR) is 38.4 cm³/mol. The van der Waals surface area contributed by atoms with E-state index in [2.05, 4.69) is 23.2 Å². The molecule has 0 atom stereocenters. The summed E-state index contributed by atoms with van der Waals surface area (Å²) in [5.41, 5.74) is 2.39. The van der Waals surface area contributed by atoms with Crippen LogP contribution < -0.4 is 0 Å². The molecule has 0 N–H and O–H groups in total. The third-order valence-electron chi connectivity index (χ3n) is 1.51. The molecule has 0 saturated heterocycles. The standard InChI is InChI=1S/C8H7N/c1-2-4-8-7(3-1)5-6-9-8/h2-6H,1H2. The van der Waals surface area contributed by atoms with Gasteiger partial charge in [0.05, 0.1) is 5.71 Å². The largest absolute Gasteiger partial charge is 0.256 e. The lowest BCUT2D eigenvalue weighted by atomic mass is 10.1. The molecule has 1 heterocycles. The van der Waals surface area contributed by atoms with Crippen LogP contribution in [0.15, 0.2) is 41.1 Å². The monoisotopic (exact) mass is 117 g/mol. The average molecular weight is 117 g/mol. The lowest BCUT2D eigenvalue weighted by Gasteiger charge is -1.99. The maximum absolute atomic E-state index is 4.14. The molecule has 9 heavy (non-hydrogen) atoms. The average Bonchev–Trinajstić information content (AvgIpc) is 2.33. The van der Waals surface area contributed by atoms with Gasteiger partial charge in [-0.15, -0.1) is 0 Å². The van der Waals surface area contributed by atoms with Crippen molar-refractivity contribution in [3.8, 4) is 0 Å². The van der Waals surface area contributed by atoms with Crippen LogP contribution in [0.5, 0.6) is 0 Å². The second kappa shape index (κ2) is 1.69. The highest BCUT2D eigenvalue weighted by molar-refractivity contribution is 6.12. The fourth-order valence-corrected chi connectivity index (χ4v) is 1.04. The van der Waals surface area contributed by atoms with E-state index in [0.29, 0.717) is 0 Å². The molecule has 2 aliphatic rings. The van der Waals surface area contributed by atoms with Crippen LogP contribution in [0.4, 0.5) is 0 Å². The zero-order valence-electron chi connectivity index (χ0n) is 5.04. The zero-order chi connectivity index (χ0) is 6.10. The molecule has 1 nitrogen and oxygen atoms in total. The summed E-state index contributed by atoms with van der Waals surface area (Å²) in [4.78, 5) is 4.14. The Bertz CT molecular complexity index is 241. The topological polar surface area (TPSA) is 12.4 Å². The molecule has 0 amide bonds. The van der Waals surface area contributed by atoms with Crippen molar-refractivity contribution in [1.82, 2.24) is 0 Å². The Morgan fingerprint density at radius 2 is 2.33 bits per heavy atom. The Kier molecular flexibility index (Phi) is 0.890. The summed E-state index contributed by atoms with van der Waals surface area (Å²) in [6.45, 7) is 0. The first-order valence-electron chi connectivity index (χ1n) is 3.08. The van der Waals surface area contributed by atoms with E-state index in [1.54, 1.807) is 0 Å². The Labute approximate surface area is 54.1 Å². The molecule has 0 aromatic carbocycles. The summed E-state index contributed by atoms with van der Waals surface area (Å²) < 4.78 is 0. The Balaban J connectivity index is 2.46. The minimum atomic E-state index is 1.05. The first kappa shape index (κ1) is 4.74. The van der Waals surface area contributed by atoms with Crippen LogP contribution in [0.2, 0.25) is 0 Å². The highest BCUT2D eigenvalue weighted by Gasteiger charge is 2.05. The molecule has 0 aromatic heterocycles. The minimum absolute atomic E-state index is 1.05. The molecule has 0 unspecified atom stereocenters. The SMILES string of the molecule is C1=CC2=NC=CC2=CC1. The van der Waals surface area contributed by atoms with Crippen molar-refractivity contribution in [2.45, 2.75) is 6.42 Å². The molecule has 0 bridgehead atoms. The van der Waals surface area contributed by atoms with E-state index in [0.717, 1.165) is 12.1 Å². The lowest BCUT2D eigenvalue weighted by Crippen LogP contribution is -1.95. The summed E-state index contributed by atoms with van der Waals surface area (Å²) >= 11 is 0. The van der Waals surface area contributed by atoms with Crippen LogP contribution in [-0.2, 0) is 0 Å². The maximum Gasteiger partial charge on any atom is 0.0696 e. The van der Waals surface area contributed by atoms with E-state index in [9.17, 15) is 0 Å². The second-order valence-corrected chi connectivity index (χ2v) is 2.13.